The Morgan fingerprint density at radius 3 is 2.64 bits per heavy atom. The van der Waals surface area contributed by atoms with Gasteiger partial charge in [-0.05, 0) is 12.0 Å². The van der Waals surface area contributed by atoms with Crippen molar-refractivity contribution in [3.63, 3.8) is 0 Å². The van der Waals surface area contributed by atoms with Crippen LogP contribution < -0.4 is 11.5 Å². The second-order valence-electron chi connectivity index (χ2n) is 5.26. The molecule has 1 heterocycles. The zero-order valence-corrected chi connectivity index (χ0v) is 15.0. The third kappa shape index (κ3) is 6.04. The van der Waals surface area contributed by atoms with Crippen LogP contribution in [-0.2, 0) is 11.2 Å². The average molecular weight is 358 g/mol. The van der Waals surface area contributed by atoms with E-state index in [0.29, 0.717) is 5.75 Å². The Hall–Kier alpha value is -0.340. The molecule has 4 nitrogen and oxygen atoms in total. The molecule has 1 saturated heterocycles. The molecule has 2 rings (SSSR count). The van der Waals surface area contributed by atoms with Crippen LogP contribution in [0.5, 0.6) is 0 Å². The van der Waals surface area contributed by atoms with Crippen LogP contribution in [0.25, 0.3) is 0 Å². The van der Waals surface area contributed by atoms with Gasteiger partial charge in [-0.25, -0.2) is 0 Å². The van der Waals surface area contributed by atoms with Crippen molar-refractivity contribution in [1.82, 2.24) is 4.90 Å². The van der Waals surface area contributed by atoms with E-state index in [2.05, 4.69) is 12.1 Å². The van der Waals surface area contributed by atoms with Gasteiger partial charge in [0.05, 0.1) is 11.9 Å². The molecule has 2 atom stereocenters. The Labute approximate surface area is 144 Å². The summed E-state index contributed by atoms with van der Waals surface area (Å²) >= 11 is 1.78. The summed E-state index contributed by atoms with van der Waals surface area (Å²) < 4.78 is 0. The van der Waals surface area contributed by atoms with E-state index in [1.807, 2.05) is 23.1 Å². The largest absolute Gasteiger partial charge is 0.331 e. The number of benzene rings is 1. The lowest BCUT2D eigenvalue weighted by Gasteiger charge is -2.19. The maximum absolute atomic E-state index is 12.1. The Kier molecular flexibility index (Phi) is 7.96. The summed E-state index contributed by atoms with van der Waals surface area (Å²) in [5, 5.41) is 0. The highest BCUT2D eigenvalue weighted by Gasteiger charge is 2.23. The summed E-state index contributed by atoms with van der Waals surface area (Å²) in [6, 6.07) is 10.00. The highest BCUT2D eigenvalue weighted by Crippen LogP contribution is 2.24. The summed E-state index contributed by atoms with van der Waals surface area (Å²) in [4.78, 5) is 13.9. The summed E-state index contributed by atoms with van der Waals surface area (Å²) in [5.41, 5.74) is 13.4. The van der Waals surface area contributed by atoms with E-state index < -0.39 is 6.04 Å². The summed E-state index contributed by atoms with van der Waals surface area (Å²) in [5.74, 6) is 3.38. The molecule has 0 saturated carbocycles. The maximum Gasteiger partial charge on any atom is 0.241 e. The van der Waals surface area contributed by atoms with Gasteiger partial charge in [-0.2, -0.15) is 0 Å². The fourth-order valence-electron chi connectivity index (χ4n) is 2.13. The predicted octanol–water partition coefficient (Wildman–Crippen LogP) is 1.80. The minimum Gasteiger partial charge on any atom is -0.331 e. The van der Waals surface area contributed by atoms with Crippen LogP contribution >= 0.6 is 33.3 Å². The van der Waals surface area contributed by atoms with Crippen molar-refractivity contribution in [3.8, 4) is 0 Å². The molecule has 1 aromatic carbocycles. The maximum atomic E-state index is 12.1. The zero-order chi connectivity index (χ0) is 15.8. The molecule has 1 aliphatic rings. The molecule has 22 heavy (non-hydrogen) atoms. The van der Waals surface area contributed by atoms with E-state index >= 15 is 0 Å². The number of nitrogens with two attached hydrogens (primary N) is 2. The first-order chi connectivity index (χ1) is 10.7. The lowest BCUT2D eigenvalue weighted by atomic mass is 10.1. The van der Waals surface area contributed by atoms with Crippen LogP contribution in [0.1, 0.15) is 5.56 Å². The number of hydrogen-bond acceptors (Lipinski definition) is 6. The first-order valence-electron chi connectivity index (χ1n) is 7.33. The van der Waals surface area contributed by atoms with Gasteiger partial charge in [-0.15, -0.1) is 11.8 Å². The second kappa shape index (κ2) is 9.72. The predicted molar refractivity (Wildman–Crippen MR) is 100 cm³/mol. The molecule has 1 aliphatic heterocycles. The second-order valence-corrected chi connectivity index (χ2v) is 8.89. The average Bonchev–Trinajstić information content (AvgIpc) is 3.06. The summed E-state index contributed by atoms with van der Waals surface area (Å²) in [6.45, 7) is 0.830. The van der Waals surface area contributed by atoms with E-state index in [9.17, 15) is 4.79 Å². The first-order valence-corrected chi connectivity index (χ1v) is 11.0. The lowest BCUT2D eigenvalue weighted by Crippen LogP contribution is -2.43. The molecule has 2 unspecified atom stereocenters. The van der Waals surface area contributed by atoms with Gasteiger partial charge in [0, 0.05) is 29.8 Å². The summed E-state index contributed by atoms with van der Waals surface area (Å²) in [7, 11) is 3.35. The van der Waals surface area contributed by atoms with E-state index in [1.165, 1.54) is 5.56 Å². The lowest BCUT2D eigenvalue weighted by molar-refractivity contribution is -0.130. The van der Waals surface area contributed by atoms with Crippen LogP contribution in [0.3, 0.4) is 0 Å². The highest BCUT2D eigenvalue weighted by atomic mass is 33.1. The van der Waals surface area contributed by atoms with Gasteiger partial charge in [0.1, 0.15) is 0 Å². The van der Waals surface area contributed by atoms with Crippen LogP contribution in [-0.4, -0.2) is 52.6 Å². The number of hydrogen-bond donors (Lipinski definition) is 2. The van der Waals surface area contributed by atoms with Gasteiger partial charge >= 0.3 is 0 Å². The molecule has 0 spiro atoms. The molecule has 0 aliphatic carbocycles. The van der Waals surface area contributed by atoms with Gasteiger partial charge in [0.25, 0.3) is 0 Å². The number of carbonyl (C=O) groups is 1. The number of thioether (sulfide) groups is 1. The zero-order valence-electron chi connectivity index (χ0n) is 12.5. The smallest absolute Gasteiger partial charge is 0.241 e. The van der Waals surface area contributed by atoms with Crippen molar-refractivity contribution in [1.29, 1.82) is 0 Å². The normalized spacial score (nSPS) is 17.5. The minimum absolute atomic E-state index is 0.0756. The Morgan fingerprint density at radius 1 is 1.23 bits per heavy atom. The van der Waals surface area contributed by atoms with Crippen molar-refractivity contribution >= 4 is 39.3 Å². The standard InChI is InChI=1S/C15H23N3OS3/c16-13(8-12-4-2-1-3-5-12)9-21-22-10-14(17)15(19)18-6-7-20-11-18/h1-5,13-14H,6-11,16-17H2. The molecular weight excluding hydrogens is 334 g/mol. The highest BCUT2D eigenvalue weighted by molar-refractivity contribution is 8.76. The molecule has 1 fully saturated rings. The van der Waals surface area contributed by atoms with E-state index in [0.717, 1.165) is 30.3 Å². The van der Waals surface area contributed by atoms with Crippen LogP contribution in [0.4, 0.5) is 0 Å². The van der Waals surface area contributed by atoms with Crippen molar-refractivity contribution < 1.29 is 4.79 Å². The monoisotopic (exact) mass is 357 g/mol. The number of rotatable bonds is 8. The Balaban J connectivity index is 1.59. The number of carbonyl (C=O) groups excluding carboxylic acids is 1. The SMILES string of the molecule is NC(CSSCC(N)C(=O)N1CCSC1)Cc1ccccc1. The number of nitrogens with zero attached hydrogens (tertiary/aromatic N) is 1. The molecule has 4 N–H and O–H groups in total. The van der Waals surface area contributed by atoms with E-state index in [4.69, 9.17) is 11.5 Å². The fourth-order valence-corrected chi connectivity index (χ4v) is 5.40. The molecular formula is C15H23N3OS3. The topological polar surface area (TPSA) is 72.3 Å². The van der Waals surface area contributed by atoms with Gasteiger partial charge in [-0.3, -0.25) is 4.79 Å². The molecule has 0 radical (unpaired) electrons. The van der Waals surface area contributed by atoms with Crippen LogP contribution in [0, 0.1) is 0 Å². The van der Waals surface area contributed by atoms with Crippen molar-refractivity contribution in [2.45, 2.75) is 18.5 Å². The first kappa shape index (κ1) is 18.0. The molecule has 0 bridgehead atoms. The Morgan fingerprint density at radius 2 is 1.95 bits per heavy atom. The minimum atomic E-state index is -0.401. The molecule has 122 valence electrons. The van der Waals surface area contributed by atoms with E-state index in [-0.39, 0.29) is 11.9 Å². The van der Waals surface area contributed by atoms with Crippen molar-refractivity contribution in [2.24, 2.45) is 11.5 Å². The van der Waals surface area contributed by atoms with Crippen LogP contribution in [0.2, 0.25) is 0 Å². The molecule has 1 amide bonds. The number of amides is 1. The van der Waals surface area contributed by atoms with Gasteiger partial charge in [-0.1, -0.05) is 51.9 Å². The van der Waals surface area contributed by atoms with E-state index in [1.54, 1.807) is 33.3 Å². The van der Waals surface area contributed by atoms with Gasteiger partial charge in [0.2, 0.25) is 5.91 Å². The van der Waals surface area contributed by atoms with Gasteiger partial charge < -0.3 is 16.4 Å². The quantitative estimate of drug-likeness (QED) is 0.546. The van der Waals surface area contributed by atoms with Crippen molar-refractivity contribution in [3.05, 3.63) is 35.9 Å². The third-order valence-electron chi connectivity index (χ3n) is 3.34. The van der Waals surface area contributed by atoms with Crippen LogP contribution in [0.15, 0.2) is 30.3 Å². The third-order valence-corrected chi connectivity index (χ3v) is 6.84. The fraction of sp³-hybridized carbons (Fsp3) is 0.533. The van der Waals surface area contributed by atoms with Crippen molar-refractivity contribution in [2.75, 3.05) is 29.7 Å². The molecule has 1 aromatic rings. The molecule has 0 aromatic heterocycles. The summed E-state index contributed by atoms with van der Waals surface area (Å²) in [6.07, 6.45) is 0.879. The Bertz CT molecular complexity index is 455. The van der Waals surface area contributed by atoms with Gasteiger partial charge in [0.15, 0.2) is 0 Å². The molecule has 7 heteroatoms.